The SMILES string of the molecule is CC[S@](=O)c1ccccc1C(=O)O[C@@H](C)C(=O)c1[nH]c(C)c(C(=O)OC)c1C. The van der Waals surface area contributed by atoms with Gasteiger partial charge in [-0.2, -0.15) is 0 Å². The number of methoxy groups -OCH3 is 1. The number of Topliss-reactive ketones (excluding diaryl/α,β-unsaturated/α-hetero) is 1. The van der Waals surface area contributed by atoms with Crippen LogP contribution >= 0.6 is 0 Å². The molecule has 0 aliphatic carbocycles. The molecule has 2 rings (SSSR count). The monoisotopic (exact) mass is 405 g/mol. The van der Waals surface area contributed by atoms with Gasteiger partial charge in [-0.25, -0.2) is 9.59 Å². The summed E-state index contributed by atoms with van der Waals surface area (Å²) in [6.45, 7) is 6.48. The summed E-state index contributed by atoms with van der Waals surface area (Å²) in [4.78, 5) is 40.4. The van der Waals surface area contributed by atoms with Gasteiger partial charge in [0.1, 0.15) is 0 Å². The zero-order valence-electron chi connectivity index (χ0n) is 16.5. The van der Waals surface area contributed by atoms with Crippen molar-refractivity contribution in [1.29, 1.82) is 0 Å². The number of nitrogens with one attached hydrogen (secondary N) is 1. The molecular formula is C20H23NO6S. The Kier molecular flexibility index (Phi) is 6.90. The highest BCUT2D eigenvalue weighted by atomic mass is 32.2. The van der Waals surface area contributed by atoms with Crippen LogP contribution in [0, 0.1) is 13.8 Å². The van der Waals surface area contributed by atoms with Gasteiger partial charge in [-0.05, 0) is 38.5 Å². The van der Waals surface area contributed by atoms with Crippen molar-refractivity contribution in [3.8, 4) is 0 Å². The van der Waals surface area contributed by atoms with E-state index in [1.54, 1.807) is 39.0 Å². The van der Waals surface area contributed by atoms with E-state index in [0.29, 0.717) is 21.9 Å². The number of aryl methyl sites for hydroxylation is 1. The Balaban J connectivity index is 2.26. The fourth-order valence-electron chi connectivity index (χ4n) is 2.87. The maximum absolute atomic E-state index is 12.8. The first-order valence-corrected chi connectivity index (χ1v) is 10.0. The lowest BCUT2D eigenvalue weighted by Gasteiger charge is -2.14. The maximum atomic E-state index is 12.8. The first-order chi connectivity index (χ1) is 13.2. The minimum Gasteiger partial charge on any atom is -0.465 e. The van der Waals surface area contributed by atoms with E-state index >= 15 is 0 Å². The predicted octanol–water partition coefficient (Wildman–Crippen LogP) is 2.97. The number of aromatic amines is 1. The van der Waals surface area contributed by atoms with E-state index in [0.717, 1.165) is 0 Å². The van der Waals surface area contributed by atoms with E-state index in [2.05, 4.69) is 4.98 Å². The number of benzene rings is 1. The Morgan fingerprint density at radius 1 is 1.14 bits per heavy atom. The first kappa shape index (κ1) is 21.6. The third-order valence-electron chi connectivity index (χ3n) is 4.34. The van der Waals surface area contributed by atoms with Crippen molar-refractivity contribution >= 4 is 28.5 Å². The molecule has 0 radical (unpaired) electrons. The summed E-state index contributed by atoms with van der Waals surface area (Å²) in [5.41, 5.74) is 1.56. The number of hydrogen-bond acceptors (Lipinski definition) is 6. The largest absolute Gasteiger partial charge is 0.465 e. The van der Waals surface area contributed by atoms with Gasteiger partial charge in [0.25, 0.3) is 0 Å². The first-order valence-electron chi connectivity index (χ1n) is 8.72. The molecular weight excluding hydrogens is 382 g/mol. The minimum atomic E-state index is -1.34. The number of aromatic nitrogens is 1. The molecule has 0 saturated carbocycles. The fraction of sp³-hybridized carbons (Fsp3) is 0.350. The Morgan fingerprint density at radius 2 is 1.79 bits per heavy atom. The molecule has 150 valence electrons. The third-order valence-corrected chi connectivity index (χ3v) is 5.71. The number of hydrogen-bond donors (Lipinski definition) is 1. The van der Waals surface area contributed by atoms with E-state index in [9.17, 15) is 18.6 Å². The molecule has 0 spiro atoms. The summed E-state index contributed by atoms with van der Waals surface area (Å²) >= 11 is 0. The Morgan fingerprint density at radius 3 is 2.39 bits per heavy atom. The van der Waals surface area contributed by atoms with Gasteiger partial charge in [0, 0.05) is 11.4 Å². The molecule has 1 N–H and O–H groups in total. The van der Waals surface area contributed by atoms with Crippen LogP contribution in [0.25, 0.3) is 0 Å². The molecule has 1 heterocycles. The minimum absolute atomic E-state index is 0.164. The molecule has 0 unspecified atom stereocenters. The van der Waals surface area contributed by atoms with Gasteiger partial charge < -0.3 is 14.5 Å². The van der Waals surface area contributed by atoms with Gasteiger partial charge in [0.05, 0.1) is 39.6 Å². The second kappa shape index (κ2) is 8.97. The lowest BCUT2D eigenvalue weighted by molar-refractivity contribution is 0.0313. The molecule has 7 nitrogen and oxygen atoms in total. The van der Waals surface area contributed by atoms with Crippen LogP contribution in [0.1, 0.15) is 56.3 Å². The van der Waals surface area contributed by atoms with Crippen LogP contribution in [0.15, 0.2) is 29.2 Å². The fourth-order valence-corrected chi connectivity index (χ4v) is 3.81. The number of H-pyrrole nitrogens is 1. The van der Waals surface area contributed by atoms with Crippen molar-refractivity contribution in [3.05, 3.63) is 52.3 Å². The van der Waals surface area contributed by atoms with Gasteiger partial charge in [0.15, 0.2) is 6.10 Å². The predicted molar refractivity (Wildman–Crippen MR) is 104 cm³/mol. The van der Waals surface area contributed by atoms with Crippen LogP contribution in [0.4, 0.5) is 0 Å². The number of ether oxygens (including phenoxy) is 2. The van der Waals surface area contributed by atoms with Gasteiger partial charge in [-0.15, -0.1) is 0 Å². The highest BCUT2D eigenvalue weighted by Crippen LogP contribution is 2.22. The molecule has 1 aromatic heterocycles. The average molecular weight is 405 g/mol. The quantitative estimate of drug-likeness (QED) is 0.561. The van der Waals surface area contributed by atoms with Crippen LogP contribution in [0.2, 0.25) is 0 Å². The van der Waals surface area contributed by atoms with E-state index in [1.165, 1.54) is 20.1 Å². The topological polar surface area (TPSA) is 103 Å². The molecule has 0 fully saturated rings. The van der Waals surface area contributed by atoms with Crippen molar-refractivity contribution in [2.75, 3.05) is 12.9 Å². The molecule has 8 heteroatoms. The van der Waals surface area contributed by atoms with Crippen molar-refractivity contribution in [2.45, 2.75) is 38.7 Å². The second-order valence-corrected chi connectivity index (χ2v) is 7.87. The lowest BCUT2D eigenvalue weighted by atomic mass is 10.1. The van der Waals surface area contributed by atoms with Gasteiger partial charge in [0.2, 0.25) is 5.78 Å². The number of ketones is 1. The number of esters is 2. The van der Waals surface area contributed by atoms with Crippen molar-refractivity contribution in [2.24, 2.45) is 0 Å². The van der Waals surface area contributed by atoms with E-state index in [1.807, 2.05) is 0 Å². The van der Waals surface area contributed by atoms with Crippen molar-refractivity contribution < 1.29 is 28.1 Å². The summed E-state index contributed by atoms with van der Waals surface area (Å²) in [5, 5.41) is 0. The molecule has 2 atom stereocenters. The number of rotatable bonds is 7. The highest BCUT2D eigenvalue weighted by molar-refractivity contribution is 7.85. The summed E-state index contributed by atoms with van der Waals surface area (Å²) < 4.78 is 22.2. The van der Waals surface area contributed by atoms with Crippen LogP contribution < -0.4 is 0 Å². The van der Waals surface area contributed by atoms with Crippen LogP contribution in [0.5, 0.6) is 0 Å². The van der Waals surface area contributed by atoms with E-state index < -0.39 is 34.6 Å². The average Bonchev–Trinajstić information content (AvgIpc) is 2.99. The standard InChI is InChI=1S/C20H23NO6S/c1-6-28(25)15-10-8-7-9-14(15)19(23)27-13(4)18(22)17-11(2)16(12(3)21-17)20(24)26-5/h7-10,13,21H,6H2,1-5H3/t13-,28-/m0/s1. The molecule has 0 aliphatic rings. The zero-order valence-corrected chi connectivity index (χ0v) is 17.3. The molecule has 1 aromatic carbocycles. The van der Waals surface area contributed by atoms with Crippen molar-refractivity contribution in [3.63, 3.8) is 0 Å². The van der Waals surface area contributed by atoms with Gasteiger partial charge >= 0.3 is 11.9 Å². The normalized spacial score (nSPS) is 12.9. The van der Waals surface area contributed by atoms with Crippen LogP contribution in [0.3, 0.4) is 0 Å². The molecule has 0 bridgehead atoms. The molecule has 2 aromatic rings. The van der Waals surface area contributed by atoms with Gasteiger partial charge in [-0.1, -0.05) is 19.1 Å². The smallest absolute Gasteiger partial charge is 0.340 e. The summed E-state index contributed by atoms with van der Waals surface area (Å²) in [6, 6.07) is 6.44. The molecule has 0 amide bonds. The highest BCUT2D eigenvalue weighted by Gasteiger charge is 2.28. The number of carbonyl (C=O) groups excluding carboxylic acids is 3. The molecule has 28 heavy (non-hydrogen) atoms. The number of carbonyl (C=O) groups is 3. The second-order valence-electron chi connectivity index (χ2n) is 6.16. The zero-order chi connectivity index (χ0) is 21.0. The van der Waals surface area contributed by atoms with Crippen LogP contribution in [-0.2, 0) is 20.3 Å². The Hall–Kier alpha value is -2.74. The summed E-state index contributed by atoms with van der Waals surface area (Å²) in [5.74, 6) is -1.40. The summed E-state index contributed by atoms with van der Waals surface area (Å²) in [7, 11) is -0.0755. The van der Waals surface area contributed by atoms with E-state index in [-0.39, 0.29) is 16.8 Å². The van der Waals surface area contributed by atoms with E-state index in [4.69, 9.17) is 9.47 Å². The maximum Gasteiger partial charge on any atom is 0.340 e. The lowest BCUT2D eigenvalue weighted by Crippen LogP contribution is -2.26. The van der Waals surface area contributed by atoms with Crippen molar-refractivity contribution in [1.82, 2.24) is 4.98 Å². The molecule has 0 aliphatic heterocycles. The molecule has 0 saturated heterocycles. The van der Waals surface area contributed by atoms with Gasteiger partial charge in [-0.3, -0.25) is 9.00 Å². The van der Waals surface area contributed by atoms with Crippen LogP contribution in [-0.4, -0.2) is 45.9 Å². The summed E-state index contributed by atoms with van der Waals surface area (Å²) in [6.07, 6.45) is -1.10. The third kappa shape index (κ3) is 4.22. The Bertz CT molecular complexity index is 946. The Labute approximate surface area is 165 Å².